The molecule has 9 heteroatoms. The molecule has 0 spiro atoms. The van der Waals surface area contributed by atoms with Gasteiger partial charge in [-0.05, 0) is 30.3 Å². The van der Waals surface area contributed by atoms with Crippen LogP contribution in [0.15, 0.2) is 29.4 Å². The summed E-state index contributed by atoms with van der Waals surface area (Å²) in [5, 5.41) is 22.9. The lowest BCUT2D eigenvalue weighted by Gasteiger charge is -2.08. The number of nitro benzene ring substituents is 1. The van der Waals surface area contributed by atoms with E-state index in [1.807, 2.05) is 13.8 Å². The van der Waals surface area contributed by atoms with Gasteiger partial charge in [-0.15, -0.1) is 5.10 Å². The maximum atomic E-state index is 10.7. The molecular formula is C12H15N5O3S. The second-order valence-corrected chi connectivity index (χ2v) is 5.51. The molecule has 0 bridgehead atoms. The Labute approximate surface area is 125 Å². The summed E-state index contributed by atoms with van der Waals surface area (Å²) >= 11 is 1.48. The van der Waals surface area contributed by atoms with E-state index in [0.717, 1.165) is 5.16 Å². The van der Waals surface area contributed by atoms with Crippen molar-refractivity contribution in [3.63, 3.8) is 0 Å². The molecule has 1 aromatic heterocycles. The van der Waals surface area contributed by atoms with Crippen molar-refractivity contribution in [2.24, 2.45) is 0 Å². The first kappa shape index (κ1) is 15.2. The summed E-state index contributed by atoms with van der Waals surface area (Å²) in [5.41, 5.74) is 0.0175. The van der Waals surface area contributed by atoms with Gasteiger partial charge in [-0.25, -0.2) is 4.68 Å². The van der Waals surface area contributed by atoms with Gasteiger partial charge in [0.1, 0.15) is 5.75 Å². The standard InChI is InChI=1S/C12H15N5O3S/c1-9(2)16-12(13-14-15-16)21-7-6-20-11-5-3-4-10(8-11)17(18)19/h3-5,8-9H,6-7H2,1-2H3. The van der Waals surface area contributed by atoms with Crippen LogP contribution in [0.3, 0.4) is 0 Å². The Morgan fingerprint density at radius 1 is 1.48 bits per heavy atom. The number of tetrazole rings is 1. The van der Waals surface area contributed by atoms with Crippen molar-refractivity contribution < 1.29 is 9.66 Å². The van der Waals surface area contributed by atoms with Crippen LogP contribution in [-0.2, 0) is 0 Å². The third-order valence-electron chi connectivity index (χ3n) is 2.56. The lowest BCUT2D eigenvalue weighted by Crippen LogP contribution is -2.06. The summed E-state index contributed by atoms with van der Waals surface area (Å²) in [6.45, 7) is 4.41. The van der Waals surface area contributed by atoms with E-state index >= 15 is 0 Å². The Kier molecular flexibility index (Phi) is 5.09. The molecule has 0 fully saturated rings. The molecule has 0 aliphatic carbocycles. The number of thioether (sulfide) groups is 1. The van der Waals surface area contributed by atoms with Gasteiger partial charge in [-0.3, -0.25) is 10.1 Å². The second-order valence-electron chi connectivity index (χ2n) is 4.45. The average Bonchev–Trinajstić information content (AvgIpc) is 2.92. The molecule has 0 aliphatic rings. The third-order valence-corrected chi connectivity index (χ3v) is 3.46. The predicted molar refractivity (Wildman–Crippen MR) is 77.5 cm³/mol. The SMILES string of the molecule is CC(C)n1nnnc1SCCOc1cccc([N+](=O)[O-])c1. The topological polar surface area (TPSA) is 96.0 Å². The van der Waals surface area contributed by atoms with E-state index in [9.17, 15) is 10.1 Å². The lowest BCUT2D eigenvalue weighted by atomic mass is 10.3. The molecule has 8 nitrogen and oxygen atoms in total. The van der Waals surface area contributed by atoms with Gasteiger partial charge in [-0.2, -0.15) is 0 Å². The van der Waals surface area contributed by atoms with E-state index in [2.05, 4.69) is 15.5 Å². The number of benzene rings is 1. The smallest absolute Gasteiger partial charge is 0.273 e. The average molecular weight is 309 g/mol. The van der Waals surface area contributed by atoms with Gasteiger partial charge in [0.2, 0.25) is 5.16 Å². The highest BCUT2D eigenvalue weighted by atomic mass is 32.2. The summed E-state index contributed by atoms with van der Waals surface area (Å²) in [4.78, 5) is 10.2. The van der Waals surface area contributed by atoms with Gasteiger partial charge in [-0.1, -0.05) is 17.8 Å². The number of nitro groups is 1. The normalized spacial score (nSPS) is 10.8. The van der Waals surface area contributed by atoms with Gasteiger partial charge in [0.25, 0.3) is 5.69 Å². The number of non-ortho nitro benzene ring substituents is 1. The minimum Gasteiger partial charge on any atom is -0.492 e. The number of nitrogens with zero attached hydrogens (tertiary/aromatic N) is 5. The van der Waals surface area contributed by atoms with Gasteiger partial charge in [0.15, 0.2) is 0 Å². The van der Waals surface area contributed by atoms with Crippen molar-refractivity contribution in [3.8, 4) is 5.75 Å². The maximum Gasteiger partial charge on any atom is 0.273 e. The number of hydrogen-bond acceptors (Lipinski definition) is 7. The molecule has 0 unspecified atom stereocenters. The largest absolute Gasteiger partial charge is 0.492 e. The molecule has 0 atom stereocenters. The fourth-order valence-electron chi connectivity index (χ4n) is 1.58. The van der Waals surface area contributed by atoms with Crippen molar-refractivity contribution in [2.45, 2.75) is 25.0 Å². The number of ether oxygens (including phenoxy) is 1. The Morgan fingerprint density at radius 2 is 2.29 bits per heavy atom. The summed E-state index contributed by atoms with van der Waals surface area (Å²) in [5.74, 6) is 1.13. The van der Waals surface area contributed by atoms with E-state index in [-0.39, 0.29) is 11.7 Å². The molecule has 21 heavy (non-hydrogen) atoms. The van der Waals surface area contributed by atoms with Gasteiger partial charge in [0.05, 0.1) is 23.6 Å². The monoisotopic (exact) mass is 309 g/mol. The first-order valence-corrected chi connectivity index (χ1v) is 7.34. The van der Waals surface area contributed by atoms with Crippen LogP contribution < -0.4 is 4.74 Å². The molecule has 0 amide bonds. The van der Waals surface area contributed by atoms with E-state index in [1.54, 1.807) is 16.8 Å². The first-order valence-electron chi connectivity index (χ1n) is 6.36. The van der Waals surface area contributed by atoms with Crippen LogP contribution in [0.1, 0.15) is 19.9 Å². The fourth-order valence-corrected chi connectivity index (χ4v) is 2.41. The van der Waals surface area contributed by atoms with Gasteiger partial charge < -0.3 is 4.74 Å². The van der Waals surface area contributed by atoms with Crippen LogP contribution in [-0.4, -0.2) is 37.5 Å². The molecule has 2 rings (SSSR count). The van der Waals surface area contributed by atoms with Crippen LogP contribution in [0.2, 0.25) is 0 Å². The summed E-state index contributed by atoms with van der Waals surface area (Å²) in [6, 6.07) is 6.32. The quantitative estimate of drug-likeness (QED) is 0.335. The molecule has 0 saturated carbocycles. The zero-order valence-corrected chi connectivity index (χ0v) is 12.5. The van der Waals surface area contributed by atoms with Crippen LogP contribution in [0.25, 0.3) is 0 Å². The Morgan fingerprint density at radius 3 is 3.00 bits per heavy atom. The first-order chi connectivity index (χ1) is 10.1. The van der Waals surface area contributed by atoms with Crippen molar-refractivity contribution in [2.75, 3.05) is 12.4 Å². The highest BCUT2D eigenvalue weighted by molar-refractivity contribution is 7.99. The van der Waals surface area contributed by atoms with Crippen LogP contribution in [0, 0.1) is 10.1 Å². The summed E-state index contributed by atoms with van der Waals surface area (Å²) in [6.07, 6.45) is 0. The van der Waals surface area contributed by atoms with Crippen molar-refractivity contribution in [1.82, 2.24) is 20.2 Å². The Hall–Kier alpha value is -2.16. The van der Waals surface area contributed by atoms with E-state index in [0.29, 0.717) is 18.1 Å². The van der Waals surface area contributed by atoms with Gasteiger partial charge in [0, 0.05) is 11.8 Å². The molecule has 1 aromatic carbocycles. The number of hydrogen-bond donors (Lipinski definition) is 0. The maximum absolute atomic E-state index is 10.7. The van der Waals surface area contributed by atoms with Crippen molar-refractivity contribution >= 4 is 17.4 Å². The zero-order valence-electron chi connectivity index (χ0n) is 11.7. The number of rotatable bonds is 7. The summed E-state index contributed by atoms with van der Waals surface area (Å²) < 4.78 is 7.23. The summed E-state index contributed by atoms with van der Waals surface area (Å²) in [7, 11) is 0. The molecule has 2 aromatic rings. The highest BCUT2D eigenvalue weighted by Crippen LogP contribution is 2.20. The number of aromatic nitrogens is 4. The van der Waals surface area contributed by atoms with Crippen LogP contribution in [0.4, 0.5) is 5.69 Å². The Balaban J connectivity index is 1.83. The molecule has 0 N–H and O–H groups in total. The molecule has 112 valence electrons. The lowest BCUT2D eigenvalue weighted by molar-refractivity contribution is -0.384. The van der Waals surface area contributed by atoms with E-state index in [4.69, 9.17) is 4.74 Å². The Bertz CT molecular complexity index is 616. The second kappa shape index (κ2) is 7.02. The molecule has 0 saturated heterocycles. The van der Waals surface area contributed by atoms with E-state index < -0.39 is 4.92 Å². The van der Waals surface area contributed by atoms with E-state index in [1.165, 1.54) is 23.9 Å². The zero-order chi connectivity index (χ0) is 15.2. The van der Waals surface area contributed by atoms with Crippen molar-refractivity contribution in [1.29, 1.82) is 0 Å². The highest BCUT2D eigenvalue weighted by Gasteiger charge is 2.10. The van der Waals surface area contributed by atoms with Crippen LogP contribution >= 0.6 is 11.8 Å². The van der Waals surface area contributed by atoms with Crippen molar-refractivity contribution in [3.05, 3.63) is 34.4 Å². The molecule has 0 radical (unpaired) electrons. The van der Waals surface area contributed by atoms with Gasteiger partial charge >= 0.3 is 0 Å². The van der Waals surface area contributed by atoms with Crippen LogP contribution in [0.5, 0.6) is 5.75 Å². The fraction of sp³-hybridized carbons (Fsp3) is 0.417. The molecular weight excluding hydrogens is 294 g/mol. The molecule has 0 aliphatic heterocycles. The predicted octanol–water partition coefficient (Wildman–Crippen LogP) is 2.33. The minimum atomic E-state index is -0.446. The molecule has 1 heterocycles. The third kappa shape index (κ3) is 4.15. The minimum absolute atomic E-state index is 0.0175.